The third kappa shape index (κ3) is 4.61. The molecule has 0 amide bonds. The molecule has 1 aliphatic heterocycles. The second-order valence-corrected chi connectivity index (χ2v) is 9.07. The van der Waals surface area contributed by atoms with Crippen LogP contribution in [-0.4, -0.2) is 26.6 Å². The molecule has 0 aliphatic carbocycles. The molecule has 1 aromatic heterocycles. The van der Waals surface area contributed by atoms with E-state index in [9.17, 15) is 4.79 Å². The van der Waals surface area contributed by atoms with Gasteiger partial charge < -0.3 is 32.8 Å². The Morgan fingerprint density at radius 3 is 2.34 bits per heavy atom. The SMILES string of the molecule is C=CCOc1cc2c(=O)c(-c3cc(OC)c4c(c3OC)OC(C)(C)O4)coc2cc1OCc1ccccc1. The first-order chi connectivity index (χ1) is 18.3. The highest BCUT2D eigenvalue weighted by Crippen LogP contribution is 2.55. The average Bonchev–Trinajstić information content (AvgIpc) is 3.25. The molecule has 38 heavy (non-hydrogen) atoms. The van der Waals surface area contributed by atoms with Crippen LogP contribution in [0.4, 0.5) is 0 Å². The van der Waals surface area contributed by atoms with E-state index in [1.807, 2.05) is 30.3 Å². The van der Waals surface area contributed by atoms with Gasteiger partial charge in [-0.25, -0.2) is 0 Å². The lowest BCUT2D eigenvalue weighted by molar-refractivity contribution is -0.0447. The third-order valence-electron chi connectivity index (χ3n) is 6.00. The zero-order valence-corrected chi connectivity index (χ0v) is 21.7. The molecule has 2 heterocycles. The summed E-state index contributed by atoms with van der Waals surface area (Å²) in [6.45, 7) is 7.83. The van der Waals surface area contributed by atoms with E-state index < -0.39 is 5.79 Å². The summed E-state index contributed by atoms with van der Waals surface area (Å²) in [7, 11) is 3.02. The van der Waals surface area contributed by atoms with Crippen molar-refractivity contribution in [2.24, 2.45) is 0 Å². The van der Waals surface area contributed by atoms with Crippen molar-refractivity contribution in [1.82, 2.24) is 0 Å². The van der Waals surface area contributed by atoms with Crippen LogP contribution in [0, 0.1) is 0 Å². The molecule has 0 fully saturated rings. The molecule has 0 unspecified atom stereocenters. The molecule has 0 N–H and O–H groups in total. The highest BCUT2D eigenvalue weighted by molar-refractivity contribution is 5.87. The van der Waals surface area contributed by atoms with E-state index >= 15 is 0 Å². The number of methoxy groups -OCH3 is 2. The van der Waals surface area contributed by atoms with Gasteiger partial charge in [0.15, 0.2) is 23.0 Å². The number of rotatable bonds is 9. The Bertz CT molecular complexity index is 1550. The topological polar surface area (TPSA) is 85.6 Å². The molecule has 0 saturated heterocycles. The van der Waals surface area contributed by atoms with Crippen LogP contribution in [-0.2, 0) is 6.61 Å². The quantitative estimate of drug-likeness (QED) is 0.246. The van der Waals surface area contributed by atoms with E-state index in [1.54, 1.807) is 38.1 Å². The Kier molecular flexibility index (Phi) is 6.63. The Balaban J connectivity index is 1.62. The second-order valence-electron chi connectivity index (χ2n) is 9.07. The van der Waals surface area contributed by atoms with Crippen molar-refractivity contribution in [3.63, 3.8) is 0 Å². The molecule has 4 aromatic rings. The van der Waals surface area contributed by atoms with Crippen molar-refractivity contribution >= 4 is 11.0 Å². The lowest BCUT2D eigenvalue weighted by atomic mass is 10.0. The van der Waals surface area contributed by atoms with Crippen LogP contribution < -0.4 is 33.8 Å². The Morgan fingerprint density at radius 2 is 1.63 bits per heavy atom. The minimum Gasteiger partial charge on any atom is -0.493 e. The van der Waals surface area contributed by atoms with Crippen LogP contribution in [0.1, 0.15) is 19.4 Å². The van der Waals surface area contributed by atoms with Gasteiger partial charge in [-0.3, -0.25) is 4.79 Å². The highest BCUT2D eigenvalue weighted by Gasteiger charge is 2.39. The summed E-state index contributed by atoms with van der Waals surface area (Å²) in [5.74, 6) is 1.42. The molecular weight excluding hydrogens is 488 g/mol. The van der Waals surface area contributed by atoms with Crippen molar-refractivity contribution in [1.29, 1.82) is 0 Å². The van der Waals surface area contributed by atoms with Crippen molar-refractivity contribution in [2.75, 3.05) is 20.8 Å². The second kappa shape index (κ2) is 10.0. The minimum absolute atomic E-state index is 0.237. The van der Waals surface area contributed by atoms with Crippen LogP contribution >= 0.6 is 0 Å². The fourth-order valence-corrected chi connectivity index (χ4v) is 4.29. The first-order valence-electron chi connectivity index (χ1n) is 12.0. The predicted octanol–water partition coefficient (Wildman–Crippen LogP) is 6.13. The van der Waals surface area contributed by atoms with Crippen LogP contribution in [0.5, 0.6) is 34.5 Å². The first-order valence-corrected chi connectivity index (χ1v) is 12.0. The average molecular weight is 517 g/mol. The summed E-state index contributed by atoms with van der Waals surface area (Å²) in [6, 6.07) is 14.7. The molecule has 0 saturated carbocycles. The molecule has 0 atom stereocenters. The molecule has 0 bridgehead atoms. The number of hydrogen-bond donors (Lipinski definition) is 0. The summed E-state index contributed by atoms with van der Waals surface area (Å²) in [5, 5.41) is 0.313. The molecule has 0 spiro atoms. The number of ether oxygens (including phenoxy) is 6. The van der Waals surface area contributed by atoms with Gasteiger partial charge in [-0.15, -0.1) is 0 Å². The van der Waals surface area contributed by atoms with Gasteiger partial charge in [0.1, 0.15) is 25.1 Å². The standard InChI is InChI=1S/C30H28O8/c1-6-12-34-23-14-20-22(15-24(23)35-16-18-10-8-7-9-11-18)36-17-21(26(20)31)19-13-25(32-4)28-29(27(19)33-5)38-30(2,3)37-28/h6-11,13-15,17H,1,12,16H2,2-5H3. The van der Waals surface area contributed by atoms with E-state index in [0.717, 1.165) is 5.56 Å². The Labute approximate surface area is 219 Å². The summed E-state index contributed by atoms with van der Waals surface area (Å²) >= 11 is 0. The maximum Gasteiger partial charge on any atom is 0.246 e. The monoisotopic (exact) mass is 516 g/mol. The smallest absolute Gasteiger partial charge is 0.246 e. The summed E-state index contributed by atoms with van der Waals surface area (Å²) in [5.41, 5.74) is 1.75. The summed E-state index contributed by atoms with van der Waals surface area (Å²) in [6.07, 6.45) is 3.01. The van der Waals surface area contributed by atoms with Gasteiger partial charge in [-0.2, -0.15) is 0 Å². The lowest BCUT2D eigenvalue weighted by Gasteiger charge is -2.16. The molecule has 0 radical (unpaired) electrons. The highest BCUT2D eigenvalue weighted by atomic mass is 16.7. The molecule has 8 heteroatoms. The van der Waals surface area contributed by atoms with Crippen molar-refractivity contribution < 1.29 is 32.8 Å². The molecule has 5 rings (SSSR count). The van der Waals surface area contributed by atoms with Crippen LogP contribution in [0.25, 0.3) is 22.1 Å². The lowest BCUT2D eigenvalue weighted by Crippen LogP contribution is -2.29. The molecule has 196 valence electrons. The number of fused-ring (bicyclic) bond motifs is 2. The van der Waals surface area contributed by atoms with Gasteiger partial charge in [0.25, 0.3) is 0 Å². The maximum atomic E-state index is 13.8. The van der Waals surface area contributed by atoms with Crippen LogP contribution in [0.2, 0.25) is 0 Å². The van der Waals surface area contributed by atoms with Crippen molar-refractivity contribution in [3.05, 3.63) is 83.2 Å². The molecule has 3 aromatic carbocycles. The fourth-order valence-electron chi connectivity index (χ4n) is 4.29. The normalized spacial score (nSPS) is 13.3. The van der Waals surface area contributed by atoms with Gasteiger partial charge in [-0.05, 0) is 17.7 Å². The molecule has 1 aliphatic rings. The zero-order valence-electron chi connectivity index (χ0n) is 21.7. The van der Waals surface area contributed by atoms with Crippen molar-refractivity contribution in [3.8, 4) is 45.6 Å². The van der Waals surface area contributed by atoms with Crippen LogP contribution in [0.15, 0.2) is 76.7 Å². The molecular formula is C30H28O8. The Morgan fingerprint density at radius 1 is 0.895 bits per heavy atom. The predicted molar refractivity (Wildman–Crippen MR) is 143 cm³/mol. The first kappa shape index (κ1) is 25.1. The fraction of sp³-hybridized carbons (Fsp3) is 0.233. The van der Waals surface area contributed by atoms with Crippen molar-refractivity contribution in [2.45, 2.75) is 26.2 Å². The summed E-state index contributed by atoms with van der Waals surface area (Å²) < 4.78 is 40.9. The van der Waals surface area contributed by atoms with E-state index in [4.69, 9.17) is 32.8 Å². The van der Waals surface area contributed by atoms with E-state index in [0.29, 0.717) is 57.6 Å². The summed E-state index contributed by atoms with van der Waals surface area (Å²) in [4.78, 5) is 13.8. The third-order valence-corrected chi connectivity index (χ3v) is 6.00. The number of hydrogen-bond acceptors (Lipinski definition) is 8. The number of benzene rings is 3. The van der Waals surface area contributed by atoms with Gasteiger partial charge in [0, 0.05) is 25.5 Å². The van der Waals surface area contributed by atoms with E-state index in [1.165, 1.54) is 20.5 Å². The zero-order chi connectivity index (χ0) is 26.9. The van der Waals surface area contributed by atoms with Gasteiger partial charge in [-0.1, -0.05) is 43.0 Å². The Hall–Kier alpha value is -4.59. The van der Waals surface area contributed by atoms with E-state index in [-0.39, 0.29) is 17.6 Å². The molecule has 8 nitrogen and oxygen atoms in total. The largest absolute Gasteiger partial charge is 0.493 e. The van der Waals surface area contributed by atoms with Gasteiger partial charge >= 0.3 is 0 Å². The van der Waals surface area contributed by atoms with Crippen LogP contribution in [0.3, 0.4) is 0 Å². The minimum atomic E-state index is -0.927. The van der Waals surface area contributed by atoms with Gasteiger partial charge in [0.05, 0.1) is 25.2 Å². The maximum absolute atomic E-state index is 13.8. The van der Waals surface area contributed by atoms with Gasteiger partial charge in [0.2, 0.25) is 22.7 Å². The van der Waals surface area contributed by atoms with E-state index in [2.05, 4.69) is 6.58 Å².